The molecule has 0 aromatic heterocycles. The SMILES string of the molecule is Cc1ccc(O)c(/C=N\NC(=O)Cc2ccc(Br)c3ccccc23)c1. The van der Waals surface area contributed by atoms with Gasteiger partial charge in [0.15, 0.2) is 0 Å². The van der Waals surface area contributed by atoms with Crippen molar-refractivity contribution in [3.63, 3.8) is 0 Å². The van der Waals surface area contributed by atoms with E-state index in [1.165, 1.54) is 6.21 Å². The maximum atomic E-state index is 12.2. The Labute approximate surface area is 154 Å². The standard InChI is InChI=1S/C20H17BrN2O2/c1-13-6-9-19(24)15(10-13)12-22-23-20(25)11-14-7-8-18(21)17-5-3-2-4-16(14)17/h2-10,12,24H,11H2,1H3,(H,23,25)/b22-12-. The number of carbonyl (C=O) groups is 1. The molecule has 0 aliphatic carbocycles. The maximum Gasteiger partial charge on any atom is 0.244 e. The van der Waals surface area contributed by atoms with Crippen LogP contribution >= 0.6 is 15.9 Å². The van der Waals surface area contributed by atoms with E-state index in [0.717, 1.165) is 26.4 Å². The molecule has 3 aromatic carbocycles. The van der Waals surface area contributed by atoms with Gasteiger partial charge in [-0.05, 0) is 41.5 Å². The van der Waals surface area contributed by atoms with Crippen LogP contribution in [0.25, 0.3) is 10.8 Å². The van der Waals surface area contributed by atoms with E-state index in [1.807, 2.05) is 49.4 Å². The fourth-order valence-electron chi connectivity index (χ4n) is 2.64. The number of fused-ring (bicyclic) bond motifs is 1. The van der Waals surface area contributed by atoms with E-state index in [4.69, 9.17) is 0 Å². The summed E-state index contributed by atoms with van der Waals surface area (Å²) in [6.07, 6.45) is 1.67. The van der Waals surface area contributed by atoms with Crippen molar-refractivity contribution in [3.05, 3.63) is 75.8 Å². The Kier molecular flexibility index (Phi) is 5.14. The first kappa shape index (κ1) is 17.2. The van der Waals surface area contributed by atoms with Crippen LogP contribution in [0.15, 0.2) is 64.2 Å². The number of aryl methyl sites for hydroxylation is 1. The van der Waals surface area contributed by atoms with Gasteiger partial charge in [0, 0.05) is 10.0 Å². The second kappa shape index (κ2) is 7.49. The Morgan fingerprint density at radius 3 is 2.72 bits per heavy atom. The van der Waals surface area contributed by atoms with Crippen LogP contribution < -0.4 is 5.43 Å². The first-order valence-corrected chi connectivity index (χ1v) is 8.61. The van der Waals surface area contributed by atoms with Crippen LogP contribution in [0.5, 0.6) is 5.75 Å². The molecule has 5 heteroatoms. The zero-order valence-electron chi connectivity index (χ0n) is 13.7. The lowest BCUT2D eigenvalue weighted by Crippen LogP contribution is -2.19. The highest BCUT2D eigenvalue weighted by molar-refractivity contribution is 9.10. The predicted octanol–water partition coefficient (Wildman–Crippen LogP) is 4.31. The largest absolute Gasteiger partial charge is 0.507 e. The summed E-state index contributed by atoms with van der Waals surface area (Å²) in [5, 5.41) is 15.8. The lowest BCUT2D eigenvalue weighted by molar-refractivity contribution is -0.120. The molecule has 0 heterocycles. The highest BCUT2D eigenvalue weighted by Gasteiger charge is 2.08. The Balaban J connectivity index is 1.72. The van der Waals surface area contributed by atoms with Crippen molar-refractivity contribution in [1.82, 2.24) is 5.43 Å². The van der Waals surface area contributed by atoms with Gasteiger partial charge in [0.05, 0.1) is 12.6 Å². The van der Waals surface area contributed by atoms with Crippen molar-refractivity contribution in [3.8, 4) is 5.75 Å². The number of hydrazone groups is 1. The molecule has 0 saturated heterocycles. The molecule has 2 N–H and O–H groups in total. The number of halogens is 1. The molecule has 0 atom stereocenters. The van der Waals surface area contributed by atoms with Crippen LogP contribution in [-0.4, -0.2) is 17.2 Å². The second-order valence-corrected chi connectivity index (χ2v) is 6.64. The van der Waals surface area contributed by atoms with Crippen molar-refractivity contribution >= 4 is 38.8 Å². The summed E-state index contributed by atoms with van der Waals surface area (Å²) in [5.41, 5.74) is 5.02. The van der Waals surface area contributed by atoms with Gasteiger partial charge in [0.25, 0.3) is 0 Å². The average Bonchev–Trinajstić information content (AvgIpc) is 2.61. The molecule has 3 aromatic rings. The predicted molar refractivity (Wildman–Crippen MR) is 104 cm³/mol. The molecule has 3 rings (SSSR count). The van der Waals surface area contributed by atoms with Crippen LogP contribution in [-0.2, 0) is 11.2 Å². The molecule has 0 unspecified atom stereocenters. The third-order valence-corrected chi connectivity index (χ3v) is 4.58. The molecule has 25 heavy (non-hydrogen) atoms. The number of nitrogens with zero attached hydrogens (tertiary/aromatic N) is 1. The highest BCUT2D eigenvalue weighted by Crippen LogP contribution is 2.27. The molecule has 1 amide bonds. The minimum atomic E-state index is -0.212. The third kappa shape index (κ3) is 4.06. The molecule has 0 radical (unpaired) electrons. The van der Waals surface area contributed by atoms with Gasteiger partial charge in [-0.2, -0.15) is 5.10 Å². The number of carbonyl (C=O) groups excluding carboxylic acids is 1. The van der Waals surface area contributed by atoms with E-state index < -0.39 is 0 Å². The minimum absolute atomic E-state index is 0.127. The monoisotopic (exact) mass is 396 g/mol. The van der Waals surface area contributed by atoms with E-state index in [2.05, 4.69) is 26.5 Å². The van der Waals surface area contributed by atoms with E-state index in [1.54, 1.807) is 12.1 Å². The van der Waals surface area contributed by atoms with Gasteiger partial charge in [0.2, 0.25) is 5.91 Å². The Hall–Kier alpha value is -2.66. The second-order valence-electron chi connectivity index (χ2n) is 5.78. The van der Waals surface area contributed by atoms with Crippen LogP contribution in [0, 0.1) is 6.92 Å². The number of amides is 1. The summed E-state index contributed by atoms with van der Waals surface area (Å²) in [7, 11) is 0. The quantitative estimate of drug-likeness (QED) is 0.509. The number of benzene rings is 3. The molecule has 0 spiro atoms. The summed E-state index contributed by atoms with van der Waals surface area (Å²) in [5.74, 6) is -0.0848. The van der Waals surface area contributed by atoms with Gasteiger partial charge in [-0.15, -0.1) is 0 Å². The van der Waals surface area contributed by atoms with Gasteiger partial charge in [-0.3, -0.25) is 4.79 Å². The number of hydrogen-bond donors (Lipinski definition) is 2. The number of rotatable bonds is 4. The highest BCUT2D eigenvalue weighted by atomic mass is 79.9. The van der Waals surface area contributed by atoms with Crippen LogP contribution in [0.2, 0.25) is 0 Å². The van der Waals surface area contributed by atoms with Gasteiger partial charge < -0.3 is 5.11 Å². The maximum absolute atomic E-state index is 12.2. The first-order chi connectivity index (χ1) is 12.0. The van der Waals surface area contributed by atoms with E-state index in [0.29, 0.717) is 5.56 Å². The molecule has 0 aliphatic rings. The van der Waals surface area contributed by atoms with Gasteiger partial charge in [-0.1, -0.05) is 57.9 Å². The molecule has 126 valence electrons. The molecule has 4 nitrogen and oxygen atoms in total. The topological polar surface area (TPSA) is 61.7 Å². The number of nitrogens with one attached hydrogen (secondary N) is 1. The minimum Gasteiger partial charge on any atom is -0.507 e. The lowest BCUT2D eigenvalue weighted by atomic mass is 10.0. The fraction of sp³-hybridized carbons (Fsp3) is 0.100. The molecule has 0 fully saturated rings. The Bertz CT molecular complexity index is 967. The van der Waals surface area contributed by atoms with Gasteiger partial charge in [0.1, 0.15) is 5.75 Å². The molecular formula is C20H17BrN2O2. The van der Waals surface area contributed by atoms with Crippen LogP contribution in [0.1, 0.15) is 16.7 Å². The molecule has 0 aliphatic heterocycles. The molecular weight excluding hydrogens is 380 g/mol. The van der Waals surface area contributed by atoms with E-state index >= 15 is 0 Å². The normalized spacial score (nSPS) is 11.1. The summed E-state index contributed by atoms with van der Waals surface area (Å²) in [6.45, 7) is 1.92. The number of hydrogen-bond acceptors (Lipinski definition) is 3. The Morgan fingerprint density at radius 1 is 1.16 bits per heavy atom. The zero-order valence-corrected chi connectivity index (χ0v) is 15.2. The number of phenols is 1. The van der Waals surface area contributed by atoms with Crippen LogP contribution in [0.4, 0.5) is 0 Å². The third-order valence-electron chi connectivity index (χ3n) is 3.89. The molecule has 0 bridgehead atoms. The fourth-order valence-corrected chi connectivity index (χ4v) is 3.12. The summed E-state index contributed by atoms with van der Waals surface area (Å²) >= 11 is 3.53. The number of aromatic hydroxyl groups is 1. The number of phenolic OH excluding ortho intramolecular Hbond substituents is 1. The first-order valence-electron chi connectivity index (χ1n) is 7.82. The summed E-state index contributed by atoms with van der Waals surface area (Å²) < 4.78 is 1.00. The van der Waals surface area contributed by atoms with E-state index in [9.17, 15) is 9.90 Å². The van der Waals surface area contributed by atoms with Crippen molar-refractivity contribution in [1.29, 1.82) is 0 Å². The molecule has 0 saturated carbocycles. The zero-order chi connectivity index (χ0) is 17.8. The van der Waals surface area contributed by atoms with Gasteiger partial charge >= 0.3 is 0 Å². The van der Waals surface area contributed by atoms with Crippen molar-refractivity contribution in [2.45, 2.75) is 13.3 Å². The summed E-state index contributed by atoms with van der Waals surface area (Å²) in [6, 6.07) is 17.0. The lowest BCUT2D eigenvalue weighted by Gasteiger charge is -2.07. The van der Waals surface area contributed by atoms with Crippen molar-refractivity contribution in [2.24, 2.45) is 5.10 Å². The average molecular weight is 397 g/mol. The van der Waals surface area contributed by atoms with Crippen molar-refractivity contribution in [2.75, 3.05) is 0 Å². The van der Waals surface area contributed by atoms with Crippen LogP contribution in [0.3, 0.4) is 0 Å². The van der Waals surface area contributed by atoms with Crippen molar-refractivity contribution < 1.29 is 9.90 Å². The Morgan fingerprint density at radius 2 is 1.92 bits per heavy atom. The summed E-state index contributed by atoms with van der Waals surface area (Å²) in [4.78, 5) is 12.2. The smallest absolute Gasteiger partial charge is 0.244 e. The van der Waals surface area contributed by atoms with Gasteiger partial charge in [-0.25, -0.2) is 5.43 Å². The van der Waals surface area contributed by atoms with E-state index in [-0.39, 0.29) is 18.1 Å².